The minimum absolute atomic E-state index is 0.0308. The fourth-order valence-corrected chi connectivity index (χ4v) is 4.80. The van der Waals surface area contributed by atoms with Crippen LogP contribution in [-0.4, -0.2) is 42.8 Å². The number of hydrazine groups is 1. The third-order valence-corrected chi connectivity index (χ3v) is 6.26. The first-order chi connectivity index (χ1) is 15.0. The molecule has 0 radical (unpaired) electrons. The molecule has 1 aromatic rings. The Morgan fingerprint density at radius 2 is 2.09 bits per heavy atom. The number of alkyl halides is 2. The van der Waals surface area contributed by atoms with Crippen molar-refractivity contribution >= 4 is 5.91 Å². The number of carbonyl (C=O) groups excluding carboxylic acids is 1. The first kappa shape index (κ1) is 24.5. The highest BCUT2D eigenvalue weighted by atomic mass is 19.3. The smallest absolute Gasteiger partial charge is 0.387 e. The average molecular weight is 452 g/mol. The normalized spacial score (nSPS) is 23.7. The number of nitrogens with zero attached hydrogens (tertiary/aromatic N) is 1. The minimum atomic E-state index is -2.87. The van der Waals surface area contributed by atoms with Crippen molar-refractivity contribution in [2.75, 3.05) is 13.7 Å². The molecule has 0 bridgehead atoms. The first-order valence-electron chi connectivity index (χ1n) is 11.1. The average Bonchev–Trinajstić information content (AvgIpc) is 3.01. The lowest BCUT2D eigenvalue weighted by molar-refractivity contribution is -0.127. The van der Waals surface area contributed by atoms with E-state index in [1.807, 2.05) is 19.9 Å². The van der Waals surface area contributed by atoms with E-state index < -0.39 is 17.7 Å². The molecule has 2 aliphatic rings. The van der Waals surface area contributed by atoms with Gasteiger partial charge in [-0.1, -0.05) is 12.1 Å². The van der Waals surface area contributed by atoms with Gasteiger partial charge in [0, 0.05) is 31.2 Å². The topological polar surface area (TPSA) is 62.8 Å². The molecule has 1 heterocycles. The van der Waals surface area contributed by atoms with Gasteiger partial charge in [0.05, 0.1) is 17.7 Å². The van der Waals surface area contributed by atoms with Gasteiger partial charge in [-0.15, -0.1) is 0 Å². The molecular weight excluding hydrogens is 416 g/mol. The number of nitrogens with one attached hydrogen (secondary N) is 2. The summed E-state index contributed by atoms with van der Waals surface area (Å²) in [6.45, 7) is 7.71. The largest absolute Gasteiger partial charge is 0.435 e. The van der Waals surface area contributed by atoms with Crippen molar-refractivity contribution in [3.8, 4) is 5.75 Å². The maximum absolute atomic E-state index is 13.0. The predicted molar refractivity (Wildman–Crippen MR) is 119 cm³/mol. The van der Waals surface area contributed by atoms with Crippen molar-refractivity contribution in [3.63, 3.8) is 0 Å². The predicted octanol–water partition coefficient (Wildman–Crippen LogP) is 4.33. The zero-order valence-corrected chi connectivity index (χ0v) is 19.8. The van der Waals surface area contributed by atoms with Gasteiger partial charge in [-0.05, 0) is 70.7 Å². The van der Waals surface area contributed by atoms with E-state index in [1.165, 1.54) is 11.6 Å². The number of allylic oxidation sites excluding steroid dienone is 1. The summed E-state index contributed by atoms with van der Waals surface area (Å²) in [7, 11) is 1.62. The van der Waals surface area contributed by atoms with Gasteiger partial charge in [-0.25, -0.2) is 5.43 Å². The lowest BCUT2D eigenvalue weighted by Gasteiger charge is -2.33. The van der Waals surface area contributed by atoms with Crippen LogP contribution in [0.5, 0.6) is 5.75 Å². The highest BCUT2D eigenvalue weighted by Crippen LogP contribution is 2.47. The Bertz CT molecular complexity index is 872. The Hall–Kier alpha value is -2.19. The molecule has 2 N–H and O–H groups in total. The van der Waals surface area contributed by atoms with Crippen molar-refractivity contribution in [2.24, 2.45) is 5.92 Å². The van der Waals surface area contributed by atoms with Crippen molar-refractivity contribution in [2.45, 2.75) is 77.6 Å². The van der Waals surface area contributed by atoms with E-state index in [0.29, 0.717) is 13.0 Å². The molecule has 1 unspecified atom stereocenters. The first-order valence-corrected chi connectivity index (χ1v) is 11.1. The lowest BCUT2D eigenvalue weighted by Crippen LogP contribution is -2.49. The molecule has 32 heavy (non-hydrogen) atoms. The molecule has 1 aliphatic heterocycles. The summed E-state index contributed by atoms with van der Waals surface area (Å²) in [4.78, 5) is 13.0. The highest BCUT2D eigenvalue weighted by molar-refractivity contribution is 5.80. The number of hydrogen-bond acceptors (Lipinski definition) is 5. The van der Waals surface area contributed by atoms with Gasteiger partial charge in [-0.2, -0.15) is 8.78 Å². The number of benzene rings is 1. The summed E-state index contributed by atoms with van der Waals surface area (Å²) < 4.78 is 35.3. The zero-order valence-electron chi connectivity index (χ0n) is 19.8. The Morgan fingerprint density at radius 1 is 1.38 bits per heavy atom. The third kappa shape index (κ3) is 5.07. The van der Waals surface area contributed by atoms with Crippen LogP contribution in [0.15, 0.2) is 35.5 Å². The Labute approximate surface area is 189 Å². The van der Waals surface area contributed by atoms with Crippen LogP contribution in [0.1, 0.15) is 59.4 Å². The standard InChI is InChI=1S/C24H35F2N3O3/c1-15(2)29-20-12-16(21(30)27-23(3,4)14-31-6)10-11-19(20)24(5,28-29)17-8-7-9-18(13-17)32-22(25)26/h7-9,13,15-16,22,28H,10-12,14H2,1-6H3,(H,27,30)/t16-,24?/m1/s1. The number of amides is 1. The van der Waals surface area contributed by atoms with Crippen LogP contribution in [0, 0.1) is 5.92 Å². The van der Waals surface area contributed by atoms with Gasteiger partial charge in [0.25, 0.3) is 0 Å². The van der Waals surface area contributed by atoms with Crippen molar-refractivity contribution < 1.29 is 23.0 Å². The molecule has 0 spiro atoms. The fourth-order valence-electron chi connectivity index (χ4n) is 4.80. The molecule has 8 heteroatoms. The van der Waals surface area contributed by atoms with Crippen molar-refractivity contribution in [1.29, 1.82) is 0 Å². The lowest BCUT2D eigenvalue weighted by atomic mass is 9.76. The molecule has 1 aliphatic carbocycles. The zero-order chi connectivity index (χ0) is 23.7. The van der Waals surface area contributed by atoms with Crippen LogP contribution in [0.25, 0.3) is 0 Å². The quantitative estimate of drug-likeness (QED) is 0.616. The summed E-state index contributed by atoms with van der Waals surface area (Å²) in [5.41, 5.74) is 5.76. The second-order valence-corrected chi connectivity index (χ2v) is 9.78. The van der Waals surface area contributed by atoms with E-state index in [0.717, 1.165) is 24.1 Å². The number of carbonyl (C=O) groups is 1. The summed E-state index contributed by atoms with van der Waals surface area (Å²) >= 11 is 0. The molecule has 178 valence electrons. The summed E-state index contributed by atoms with van der Waals surface area (Å²) in [5.74, 6) is 0.0335. The van der Waals surface area contributed by atoms with E-state index in [1.54, 1.807) is 19.2 Å². The van der Waals surface area contributed by atoms with Gasteiger partial charge < -0.3 is 19.8 Å². The van der Waals surface area contributed by atoms with Crippen LogP contribution in [-0.2, 0) is 15.1 Å². The monoisotopic (exact) mass is 451 g/mol. The van der Waals surface area contributed by atoms with Gasteiger partial charge in [0.2, 0.25) is 5.91 Å². The van der Waals surface area contributed by atoms with Crippen LogP contribution in [0.4, 0.5) is 8.78 Å². The molecule has 6 nitrogen and oxygen atoms in total. The van der Waals surface area contributed by atoms with E-state index in [4.69, 9.17) is 4.74 Å². The molecule has 0 saturated heterocycles. The second-order valence-electron chi connectivity index (χ2n) is 9.78. The Morgan fingerprint density at radius 3 is 2.72 bits per heavy atom. The second kappa shape index (κ2) is 9.35. The van der Waals surface area contributed by atoms with Crippen molar-refractivity contribution in [1.82, 2.24) is 15.8 Å². The number of rotatable bonds is 8. The summed E-state index contributed by atoms with van der Waals surface area (Å²) in [6, 6.07) is 7.02. The minimum Gasteiger partial charge on any atom is -0.435 e. The molecule has 1 aromatic carbocycles. The van der Waals surface area contributed by atoms with Crippen molar-refractivity contribution in [3.05, 3.63) is 41.1 Å². The van der Waals surface area contributed by atoms with E-state index in [-0.39, 0.29) is 23.6 Å². The number of hydrogen-bond donors (Lipinski definition) is 2. The molecule has 1 amide bonds. The van der Waals surface area contributed by atoms with Crippen LogP contribution in [0.2, 0.25) is 0 Å². The Kier molecular flexibility index (Phi) is 7.15. The van der Waals surface area contributed by atoms with Gasteiger partial charge in [0.1, 0.15) is 5.75 Å². The van der Waals surface area contributed by atoms with Gasteiger partial charge in [-0.3, -0.25) is 4.79 Å². The Balaban J connectivity index is 1.88. The molecule has 0 saturated carbocycles. The molecule has 2 atom stereocenters. The highest BCUT2D eigenvalue weighted by Gasteiger charge is 2.46. The van der Waals surface area contributed by atoms with E-state index in [9.17, 15) is 13.6 Å². The summed E-state index contributed by atoms with van der Waals surface area (Å²) in [5, 5.41) is 5.24. The van der Waals surface area contributed by atoms with E-state index >= 15 is 0 Å². The van der Waals surface area contributed by atoms with Crippen LogP contribution >= 0.6 is 0 Å². The number of ether oxygens (including phenoxy) is 2. The maximum Gasteiger partial charge on any atom is 0.387 e. The molecular formula is C24H35F2N3O3. The fraction of sp³-hybridized carbons (Fsp3) is 0.625. The number of methoxy groups -OCH3 is 1. The van der Waals surface area contributed by atoms with Gasteiger partial charge in [0.15, 0.2) is 0 Å². The van der Waals surface area contributed by atoms with Gasteiger partial charge >= 0.3 is 6.61 Å². The molecule has 3 rings (SSSR count). The molecule has 0 aromatic heterocycles. The van der Waals surface area contributed by atoms with E-state index in [2.05, 4.69) is 41.3 Å². The molecule has 0 fully saturated rings. The van der Waals surface area contributed by atoms with Crippen LogP contribution < -0.4 is 15.5 Å². The third-order valence-electron chi connectivity index (χ3n) is 6.26. The maximum atomic E-state index is 13.0. The SMILES string of the molecule is COCC(C)(C)NC(=O)[C@@H]1CCC2=C(C1)N(C(C)C)NC2(C)c1cccc(OC(F)F)c1. The summed E-state index contributed by atoms with van der Waals surface area (Å²) in [6.07, 6.45) is 2.09. The number of halogens is 2. The van der Waals surface area contributed by atoms with Crippen LogP contribution in [0.3, 0.4) is 0 Å².